The summed E-state index contributed by atoms with van der Waals surface area (Å²) >= 11 is 11.6. The summed E-state index contributed by atoms with van der Waals surface area (Å²) in [5, 5.41) is 3.84. The van der Waals surface area contributed by atoms with E-state index in [0.717, 1.165) is 0 Å². The highest BCUT2D eigenvalue weighted by atomic mass is 35.5. The van der Waals surface area contributed by atoms with E-state index in [0.29, 0.717) is 28.8 Å². The van der Waals surface area contributed by atoms with Gasteiger partial charge in [0.05, 0.1) is 22.2 Å². The van der Waals surface area contributed by atoms with Gasteiger partial charge in [-0.05, 0) is 18.2 Å². The highest BCUT2D eigenvalue weighted by Gasteiger charge is 2.04. The molecule has 0 saturated carbocycles. The van der Waals surface area contributed by atoms with Crippen molar-refractivity contribution >= 4 is 47.3 Å². The summed E-state index contributed by atoms with van der Waals surface area (Å²) in [6.45, 7) is 4.75. The van der Waals surface area contributed by atoms with Crippen LogP contribution in [0.3, 0.4) is 0 Å². The SMILES string of the molecule is C=CCNCCC(=O)ONc1ccc(Cl)c(Cl)c1.Cl. The van der Waals surface area contributed by atoms with E-state index in [2.05, 4.69) is 17.4 Å². The van der Waals surface area contributed by atoms with Gasteiger partial charge in [0.2, 0.25) is 0 Å². The molecule has 0 atom stereocenters. The number of carbonyl (C=O) groups excluding carboxylic acids is 1. The van der Waals surface area contributed by atoms with E-state index in [1.165, 1.54) is 0 Å². The fourth-order valence-corrected chi connectivity index (χ4v) is 1.42. The third-order valence-corrected chi connectivity index (χ3v) is 2.74. The summed E-state index contributed by atoms with van der Waals surface area (Å²) in [7, 11) is 0. The van der Waals surface area contributed by atoms with Crippen molar-refractivity contribution in [1.29, 1.82) is 0 Å². The monoisotopic (exact) mass is 324 g/mol. The lowest BCUT2D eigenvalue weighted by Gasteiger charge is -2.07. The summed E-state index contributed by atoms with van der Waals surface area (Å²) in [6, 6.07) is 4.86. The number of rotatable bonds is 7. The maximum atomic E-state index is 11.3. The van der Waals surface area contributed by atoms with Crippen LogP contribution in [-0.4, -0.2) is 19.1 Å². The zero-order valence-electron chi connectivity index (χ0n) is 10.1. The van der Waals surface area contributed by atoms with Crippen LogP contribution in [0.4, 0.5) is 5.69 Å². The Morgan fingerprint density at radius 2 is 2.11 bits per heavy atom. The third kappa shape index (κ3) is 7.28. The van der Waals surface area contributed by atoms with E-state index in [4.69, 9.17) is 28.0 Å². The summed E-state index contributed by atoms with van der Waals surface area (Å²) in [4.78, 5) is 16.2. The lowest BCUT2D eigenvalue weighted by Crippen LogP contribution is -2.20. The molecule has 0 aliphatic carbocycles. The molecule has 1 aromatic carbocycles. The average molecular weight is 326 g/mol. The molecule has 0 unspecified atom stereocenters. The molecule has 0 radical (unpaired) electrons. The van der Waals surface area contributed by atoms with Gasteiger partial charge in [0.15, 0.2) is 0 Å². The van der Waals surface area contributed by atoms with E-state index in [1.807, 2.05) is 0 Å². The van der Waals surface area contributed by atoms with Crippen LogP contribution >= 0.6 is 35.6 Å². The molecule has 1 aromatic rings. The molecule has 0 spiro atoms. The quantitative estimate of drug-likeness (QED) is 0.458. The van der Waals surface area contributed by atoms with Gasteiger partial charge in [-0.3, -0.25) is 0 Å². The molecule has 0 aliphatic rings. The Labute approximate surface area is 128 Å². The minimum Gasteiger partial charge on any atom is -0.343 e. The number of benzene rings is 1. The summed E-state index contributed by atoms with van der Waals surface area (Å²) in [5.41, 5.74) is 3.08. The van der Waals surface area contributed by atoms with Gasteiger partial charge in [0, 0.05) is 13.1 Å². The van der Waals surface area contributed by atoms with Crippen LogP contribution < -0.4 is 10.8 Å². The molecular formula is C12H15Cl3N2O2. The van der Waals surface area contributed by atoms with Crippen LogP contribution in [0.15, 0.2) is 30.9 Å². The molecule has 0 bridgehead atoms. The first-order chi connectivity index (χ1) is 8.63. The minimum absolute atomic E-state index is 0. The molecule has 0 aliphatic heterocycles. The van der Waals surface area contributed by atoms with Crippen molar-refractivity contribution in [3.05, 3.63) is 40.9 Å². The topological polar surface area (TPSA) is 50.4 Å². The van der Waals surface area contributed by atoms with Gasteiger partial charge >= 0.3 is 5.97 Å². The van der Waals surface area contributed by atoms with Gasteiger partial charge in [-0.25, -0.2) is 10.3 Å². The molecular weight excluding hydrogens is 311 g/mol. The second kappa shape index (κ2) is 9.92. The number of anilines is 1. The maximum absolute atomic E-state index is 11.3. The summed E-state index contributed by atoms with van der Waals surface area (Å²) in [5.74, 6) is -0.363. The van der Waals surface area contributed by atoms with Crippen LogP contribution in [-0.2, 0) is 9.63 Å². The molecule has 106 valence electrons. The molecule has 4 nitrogen and oxygen atoms in total. The smallest absolute Gasteiger partial charge is 0.333 e. The first-order valence-corrected chi connectivity index (χ1v) is 6.11. The molecule has 0 fully saturated rings. The van der Waals surface area contributed by atoms with Gasteiger partial charge in [-0.15, -0.1) is 19.0 Å². The Kier molecular flexibility index (Phi) is 9.43. The Bertz CT molecular complexity index is 427. The van der Waals surface area contributed by atoms with E-state index < -0.39 is 0 Å². The first kappa shape index (κ1) is 18.1. The fourth-order valence-electron chi connectivity index (χ4n) is 1.12. The lowest BCUT2D eigenvalue weighted by atomic mass is 10.3. The van der Waals surface area contributed by atoms with Gasteiger partial charge in [-0.1, -0.05) is 29.3 Å². The molecule has 19 heavy (non-hydrogen) atoms. The standard InChI is InChI=1S/C12H14Cl2N2O2.ClH/c1-2-6-15-7-5-12(17)18-16-9-3-4-10(13)11(14)8-9;/h2-4,8,15-16H,1,5-7H2;1H. The summed E-state index contributed by atoms with van der Waals surface area (Å²) < 4.78 is 0. The highest BCUT2D eigenvalue weighted by molar-refractivity contribution is 6.42. The number of hydrogen-bond acceptors (Lipinski definition) is 4. The minimum atomic E-state index is -0.363. The number of nitrogens with one attached hydrogen (secondary N) is 2. The van der Waals surface area contributed by atoms with Crippen molar-refractivity contribution in [3.63, 3.8) is 0 Å². The maximum Gasteiger partial charge on any atom is 0.333 e. The van der Waals surface area contributed by atoms with Crippen LogP contribution in [0.5, 0.6) is 0 Å². The Hall–Kier alpha value is -0.940. The Balaban J connectivity index is 0.00000324. The molecule has 0 aromatic heterocycles. The zero-order chi connectivity index (χ0) is 13.4. The van der Waals surface area contributed by atoms with Crippen LogP contribution in [0, 0.1) is 0 Å². The van der Waals surface area contributed by atoms with Gasteiger partial charge in [-0.2, -0.15) is 0 Å². The molecule has 0 saturated heterocycles. The van der Waals surface area contributed by atoms with Crippen molar-refractivity contribution in [2.75, 3.05) is 18.6 Å². The average Bonchev–Trinajstić information content (AvgIpc) is 2.36. The predicted molar refractivity (Wildman–Crippen MR) is 81.1 cm³/mol. The van der Waals surface area contributed by atoms with Gasteiger partial charge < -0.3 is 10.2 Å². The second-order valence-corrected chi connectivity index (χ2v) is 4.26. The van der Waals surface area contributed by atoms with E-state index >= 15 is 0 Å². The van der Waals surface area contributed by atoms with E-state index in [9.17, 15) is 4.79 Å². The third-order valence-electron chi connectivity index (χ3n) is 2.00. The van der Waals surface area contributed by atoms with Crippen molar-refractivity contribution < 1.29 is 9.63 Å². The van der Waals surface area contributed by atoms with Crippen LogP contribution in [0.2, 0.25) is 10.0 Å². The van der Waals surface area contributed by atoms with E-state index in [-0.39, 0.29) is 24.8 Å². The van der Waals surface area contributed by atoms with Crippen molar-refractivity contribution in [1.82, 2.24) is 5.32 Å². The van der Waals surface area contributed by atoms with Crippen molar-refractivity contribution in [2.24, 2.45) is 0 Å². The molecule has 2 N–H and O–H groups in total. The first-order valence-electron chi connectivity index (χ1n) is 5.36. The van der Waals surface area contributed by atoms with Crippen molar-refractivity contribution in [3.8, 4) is 0 Å². The van der Waals surface area contributed by atoms with Gasteiger partial charge in [0.1, 0.15) is 0 Å². The normalized spacial score (nSPS) is 9.37. The number of halogens is 3. The Morgan fingerprint density at radius 1 is 1.37 bits per heavy atom. The zero-order valence-corrected chi connectivity index (χ0v) is 12.4. The number of carbonyl (C=O) groups is 1. The van der Waals surface area contributed by atoms with Crippen molar-refractivity contribution in [2.45, 2.75) is 6.42 Å². The second-order valence-electron chi connectivity index (χ2n) is 3.45. The lowest BCUT2D eigenvalue weighted by molar-refractivity contribution is -0.140. The fraction of sp³-hybridized carbons (Fsp3) is 0.250. The van der Waals surface area contributed by atoms with Crippen LogP contribution in [0.1, 0.15) is 6.42 Å². The predicted octanol–water partition coefficient (Wildman–Crippen LogP) is 3.45. The molecule has 7 heteroatoms. The molecule has 0 amide bonds. The molecule has 0 heterocycles. The number of hydrogen-bond donors (Lipinski definition) is 2. The molecule has 1 rings (SSSR count). The van der Waals surface area contributed by atoms with E-state index in [1.54, 1.807) is 24.3 Å². The summed E-state index contributed by atoms with van der Waals surface area (Å²) in [6.07, 6.45) is 1.99. The van der Waals surface area contributed by atoms with Gasteiger partial charge in [0.25, 0.3) is 0 Å². The largest absolute Gasteiger partial charge is 0.343 e. The van der Waals surface area contributed by atoms with Crippen LogP contribution in [0.25, 0.3) is 0 Å². The Morgan fingerprint density at radius 3 is 2.74 bits per heavy atom. The highest BCUT2D eigenvalue weighted by Crippen LogP contribution is 2.24.